The first-order valence-electron chi connectivity index (χ1n) is 2.77. The van der Waals surface area contributed by atoms with E-state index in [2.05, 4.69) is 12.6 Å². The fourth-order valence-corrected chi connectivity index (χ4v) is 0.912. The van der Waals surface area contributed by atoms with E-state index in [1.807, 2.05) is 0 Å². The van der Waals surface area contributed by atoms with Crippen molar-refractivity contribution >= 4 is 23.6 Å². The molecule has 1 rings (SSSR count). The number of rotatable bonds is 1. The average Bonchev–Trinajstić information content (AvgIpc) is 2.14. The van der Waals surface area contributed by atoms with E-state index < -0.39 is 0 Å². The van der Waals surface area contributed by atoms with Crippen LogP contribution in [0.2, 0.25) is 0 Å². The Morgan fingerprint density at radius 3 is 2.60 bits per heavy atom. The van der Waals surface area contributed by atoms with Gasteiger partial charge in [0, 0.05) is 13.2 Å². The Hall–Kier alpha value is -0.900. The first-order valence-corrected chi connectivity index (χ1v) is 3.21. The van der Waals surface area contributed by atoms with Crippen molar-refractivity contribution < 1.29 is 4.79 Å². The molecule has 0 aromatic carbocycles. The van der Waals surface area contributed by atoms with Crippen LogP contribution in [0.1, 0.15) is 10.4 Å². The summed E-state index contributed by atoms with van der Waals surface area (Å²) in [6, 6.07) is 1.64. The summed E-state index contributed by atoms with van der Waals surface area (Å²) in [6.07, 6.45) is 1.72. The van der Waals surface area contributed by atoms with Crippen molar-refractivity contribution in [3.63, 3.8) is 0 Å². The third-order valence-corrected chi connectivity index (χ3v) is 1.59. The van der Waals surface area contributed by atoms with Gasteiger partial charge in [0.1, 0.15) is 5.82 Å². The van der Waals surface area contributed by atoms with E-state index >= 15 is 0 Å². The number of aryl methyl sites for hydroxylation is 1. The lowest BCUT2D eigenvalue weighted by molar-refractivity contribution is 0.109. The predicted octanol–water partition coefficient (Wildman–Crippen LogP) is 0.677. The second-order valence-corrected chi connectivity index (χ2v) is 2.44. The number of nitrogens with zero attached hydrogens (tertiary/aromatic N) is 1. The zero-order valence-electron chi connectivity index (χ0n) is 5.53. The van der Waals surface area contributed by atoms with Gasteiger partial charge in [0.2, 0.25) is 5.12 Å². The summed E-state index contributed by atoms with van der Waals surface area (Å²) in [5, 5.41) is -0.293. The summed E-state index contributed by atoms with van der Waals surface area (Å²) < 4.78 is 1.67. The largest absolute Gasteiger partial charge is 0.384 e. The summed E-state index contributed by atoms with van der Waals surface area (Å²) in [7, 11) is 1.77. The molecule has 10 heavy (non-hydrogen) atoms. The second-order valence-electron chi connectivity index (χ2n) is 2.03. The highest BCUT2D eigenvalue weighted by atomic mass is 32.1. The van der Waals surface area contributed by atoms with Gasteiger partial charge in [-0.1, -0.05) is 0 Å². The molecular formula is C6H8N2OS. The normalized spacial score (nSPS) is 9.80. The van der Waals surface area contributed by atoms with Crippen LogP contribution in [0.15, 0.2) is 12.3 Å². The maximum absolute atomic E-state index is 10.7. The van der Waals surface area contributed by atoms with E-state index in [-0.39, 0.29) is 5.12 Å². The zero-order chi connectivity index (χ0) is 7.72. The molecule has 2 N–H and O–H groups in total. The summed E-state index contributed by atoms with van der Waals surface area (Å²) >= 11 is 3.64. The molecule has 54 valence electrons. The van der Waals surface area contributed by atoms with Gasteiger partial charge in [0.05, 0.1) is 5.56 Å². The number of thiol groups is 1. The Morgan fingerprint density at radius 1 is 1.80 bits per heavy atom. The van der Waals surface area contributed by atoms with Crippen LogP contribution in [0, 0.1) is 0 Å². The molecule has 0 radical (unpaired) electrons. The number of hydrogen-bond acceptors (Lipinski definition) is 2. The molecule has 0 bridgehead atoms. The summed E-state index contributed by atoms with van der Waals surface area (Å²) in [5.41, 5.74) is 5.96. The van der Waals surface area contributed by atoms with Gasteiger partial charge >= 0.3 is 0 Å². The second kappa shape index (κ2) is 2.38. The smallest absolute Gasteiger partial charge is 0.220 e. The Kier molecular flexibility index (Phi) is 1.72. The van der Waals surface area contributed by atoms with E-state index in [1.54, 1.807) is 23.9 Å². The number of nitrogen functional groups attached to an aromatic ring is 1. The van der Waals surface area contributed by atoms with Crippen molar-refractivity contribution in [1.29, 1.82) is 0 Å². The van der Waals surface area contributed by atoms with Crippen LogP contribution in [0.5, 0.6) is 0 Å². The highest BCUT2D eigenvalue weighted by Gasteiger charge is 2.06. The molecule has 0 aliphatic heterocycles. The van der Waals surface area contributed by atoms with Crippen molar-refractivity contribution in [2.24, 2.45) is 7.05 Å². The van der Waals surface area contributed by atoms with Gasteiger partial charge in [-0.2, -0.15) is 0 Å². The Balaban J connectivity index is 3.17. The molecule has 4 heteroatoms. The fraction of sp³-hybridized carbons (Fsp3) is 0.167. The number of carbonyl (C=O) groups is 1. The van der Waals surface area contributed by atoms with E-state index in [9.17, 15) is 4.79 Å². The minimum atomic E-state index is -0.293. The molecule has 0 saturated heterocycles. The van der Waals surface area contributed by atoms with Crippen LogP contribution in [-0.4, -0.2) is 9.68 Å². The van der Waals surface area contributed by atoms with Crippen molar-refractivity contribution in [1.82, 2.24) is 4.57 Å². The van der Waals surface area contributed by atoms with E-state index in [4.69, 9.17) is 5.73 Å². The van der Waals surface area contributed by atoms with Crippen LogP contribution in [0.4, 0.5) is 5.82 Å². The lowest BCUT2D eigenvalue weighted by Crippen LogP contribution is -1.99. The van der Waals surface area contributed by atoms with Crippen LogP contribution in [-0.2, 0) is 7.05 Å². The van der Waals surface area contributed by atoms with Gasteiger partial charge in [0.15, 0.2) is 0 Å². The quantitative estimate of drug-likeness (QED) is 0.587. The standard InChI is InChI=1S/C6H8N2OS/c1-8-3-2-4(5(8)7)6(9)10/h2-3H,7H2,1H3,(H,9,10). The number of nitrogens with two attached hydrogens (primary N) is 1. The van der Waals surface area contributed by atoms with E-state index in [1.165, 1.54) is 0 Å². The molecule has 3 nitrogen and oxygen atoms in total. The zero-order valence-corrected chi connectivity index (χ0v) is 6.43. The Labute approximate surface area is 64.2 Å². The Morgan fingerprint density at radius 2 is 2.40 bits per heavy atom. The summed E-state index contributed by atoms with van der Waals surface area (Å²) in [4.78, 5) is 10.7. The predicted molar refractivity (Wildman–Crippen MR) is 43.1 cm³/mol. The van der Waals surface area contributed by atoms with Crippen molar-refractivity contribution in [3.05, 3.63) is 17.8 Å². The number of aromatic nitrogens is 1. The fourth-order valence-electron chi connectivity index (χ4n) is 0.723. The first-order chi connectivity index (χ1) is 4.63. The van der Waals surface area contributed by atoms with Crippen LogP contribution in [0.3, 0.4) is 0 Å². The van der Waals surface area contributed by atoms with Gasteiger partial charge in [0.25, 0.3) is 0 Å². The summed E-state index contributed by atoms with van der Waals surface area (Å²) in [5.74, 6) is 0.458. The lowest BCUT2D eigenvalue weighted by Gasteiger charge is -1.95. The minimum absolute atomic E-state index is 0.293. The number of carbonyl (C=O) groups excluding carboxylic acids is 1. The molecule has 0 aliphatic rings. The topological polar surface area (TPSA) is 48.0 Å². The van der Waals surface area contributed by atoms with E-state index in [0.29, 0.717) is 11.4 Å². The molecule has 0 aliphatic carbocycles. The van der Waals surface area contributed by atoms with Crippen LogP contribution in [0.25, 0.3) is 0 Å². The van der Waals surface area contributed by atoms with Gasteiger partial charge in [-0.3, -0.25) is 4.79 Å². The van der Waals surface area contributed by atoms with Crippen LogP contribution >= 0.6 is 12.6 Å². The maximum atomic E-state index is 10.7. The molecule has 0 fully saturated rings. The van der Waals surface area contributed by atoms with Crippen molar-refractivity contribution in [2.75, 3.05) is 5.73 Å². The van der Waals surface area contributed by atoms with Gasteiger partial charge in [-0.25, -0.2) is 0 Å². The number of anilines is 1. The molecule has 0 saturated carbocycles. The highest BCUT2D eigenvalue weighted by Crippen LogP contribution is 2.13. The van der Waals surface area contributed by atoms with Crippen molar-refractivity contribution in [3.8, 4) is 0 Å². The monoisotopic (exact) mass is 156 g/mol. The molecule has 1 heterocycles. The molecule has 0 amide bonds. The Bertz CT molecular complexity index is 267. The van der Waals surface area contributed by atoms with Crippen LogP contribution < -0.4 is 5.73 Å². The molecule has 0 spiro atoms. The highest BCUT2D eigenvalue weighted by molar-refractivity contribution is 7.97. The van der Waals surface area contributed by atoms with Gasteiger partial charge in [-0.15, -0.1) is 12.6 Å². The summed E-state index contributed by atoms with van der Waals surface area (Å²) in [6.45, 7) is 0. The third-order valence-electron chi connectivity index (χ3n) is 1.35. The third kappa shape index (κ3) is 1.02. The molecule has 1 aromatic rings. The lowest BCUT2D eigenvalue weighted by atomic mass is 10.3. The number of hydrogen-bond donors (Lipinski definition) is 2. The van der Waals surface area contributed by atoms with Crippen molar-refractivity contribution in [2.45, 2.75) is 0 Å². The molecular weight excluding hydrogens is 148 g/mol. The minimum Gasteiger partial charge on any atom is -0.384 e. The maximum Gasteiger partial charge on any atom is 0.220 e. The van der Waals surface area contributed by atoms with E-state index in [0.717, 1.165) is 0 Å². The first kappa shape index (κ1) is 7.21. The SMILES string of the molecule is Cn1ccc(C(=O)S)c1N. The average molecular weight is 156 g/mol. The molecule has 0 atom stereocenters. The van der Waals surface area contributed by atoms with Gasteiger partial charge < -0.3 is 10.3 Å². The molecule has 0 unspecified atom stereocenters. The van der Waals surface area contributed by atoms with Gasteiger partial charge in [-0.05, 0) is 6.07 Å². The molecule has 1 aromatic heterocycles.